The number of nitrogens with zero attached hydrogens (tertiary/aromatic N) is 2. The lowest BCUT2D eigenvalue weighted by atomic mass is 9.76. The first-order valence-electron chi connectivity index (χ1n) is 12.0. The van der Waals surface area contributed by atoms with Crippen molar-refractivity contribution in [3.63, 3.8) is 0 Å². The van der Waals surface area contributed by atoms with Crippen molar-refractivity contribution in [1.29, 1.82) is 0 Å². The van der Waals surface area contributed by atoms with Crippen LogP contribution >= 0.6 is 0 Å². The van der Waals surface area contributed by atoms with Gasteiger partial charge in [0.2, 0.25) is 0 Å². The van der Waals surface area contributed by atoms with Crippen LogP contribution in [0.1, 0.15) is 41.7 Å². The molecule has 0 aromatic heterocycles. The van der Waals surface area contributed by atoms with Gasteiger partial charge in [-0.05, 0) is 50.7 Å². The summed E-state index contributed by atoms with van der Waals surface area (Å²) in [5.41, 5.74) is 6.59. The Kier molecular flexibility index (Phi) is 7.56. The molecule has 0 saturated carbocycles. The summed E-state index contributed by atoms with van der Waals surface area (Å²) in [6, 6.07) is 13.3. The van der Waals surface area contributed by atoms with Gasteiger partial charge in [-0.15, -0.1) is 0 Å². The third-order valence-corrected chi connectivity index (χ3v) is 6.87. The molecule has 0 radical (unpaired) electrons. The van der Waals surface area contributed by atoms with Gasteiger partial charge in [-0.1, -0.05) is 30.3 Å². The molecular formula is C26H31F3N4O3. The van der Waals surface area contributed by atoms with E-state index in [1.807, 2.05) is 49.3 Å². The van der Waals surface area contributed by atoms with Gasteiger partial charge in [-0.2, -0.15) is 13.2 Å². The largest absolute Gasteiger partial charge is 0.416 e. The number of hydrogen-bond acceptors (Lipinski definition) is 5. The molecule has 0 unspecified atom stereocenters. The van der Waals surface area contributed by atoms with Gasteiger partial charge in [0.1, 0.15) is 0 Å². The summed E-state index contributed by atoms with van der Waals surface area (Å²) in [4.78, 5) is 27.3. The van der Waals surface area contributed by atoms with Crippen LogP contribution in [0.25, 0.3) is 0 Å². The Morgan fingerprint density at radius 1 is 1.08 bits per heavy atom. The van der Waals surface area contributed by atoms with Crippen molar-refractivity contribution in [2.24, 2.45) is 11.7 Å². The van der Waals surface area contributed by atoms with Gasteiger partial charge >= 0.3 is 18.0 Å². The molecule has 10 heteroatoms. The van der Waals surface area contributed by atoms with Gasteiger partial charge < -0.3 is 25.6 Å². The number of amides is 2. The quantitative estimate of drug-likeness (QED) is 0.588. The predicted molar refractivity (Wildman–Crippen MR) is 129 cm³/mol. The minimum Gasteiger partial charge on any atom is -0.378 e. The zero-order chi connectivity index (χ0) is 26.0. The second-order valence-electron chi connectivity index (χ2n) is 9.67. The van der Waals surface area contributed by atoms with Crippen LogP contribution in [0.4, 0.5) is 18.9 Å². The molecule has 0 bridgehead atoms. The maximum Gasteiger partial charge on any atom is 0.416 e. The highest BCUT2D eigenvalue weighted by atomic mass is 19.4. The number of nitrogens with two attached hydrogens (primary N) is 1. The van der Waals surface area contributed by atoms with E-state index < -0.39 is 35.8 Å². The zero-order valence-electron chi connectivity index (χ0n) is 20.3. The maximum atomic E-state index is 13.5. The van der Waals surface area contributed by atoms with Crippen molar-refractivity contribution in [3.8, 4) is 0 Å². The molecule has 2 amide bonds. The first-order valence-corrected chi connectivity index (χ1v) is 12.0. The highest BCUT2D eigenvalue weighted by Crippen LogP contribution is 2.51. The molecule has 1 saturated heterocycles. The van der Waals surface area contributed by atoms with Gasteiger partial charge in [0.25, 0.3) is 0 Å². The lowest BCUT2D eigenvalue weighted by molar-refractivity contribution is -0.149. The third kappa shape index (κ3) is 5.65. The minimum atomic E-state index is -4.48. The fourth-order valence-electron chi connectivity index (χ4n) is 5.06. The lowest BCUT2D eigenvalue weighted by Gasteiger charge is -2.46. The molecule has 2 heterocycles. The number of likely N-dealkylation sites (N-methyl/N-ethyl adjacent to an activating group) is 1. The molecule has 3 N–H and O–H groups in total. The number of nitrogens with one attached hydrogen (secondary N) is 1. The van der Waals surface area contributed by atoms with Crippen LogP contribution in [0.5, 0.6) is 0 Å². The number of primary amides is 1. The summed E-state index contributed by atoms with van der Waals surface area (Å²) in [6.45, 7) is 0.942. The summed E-state index contributed by atoms with van der Waals surface area (Å²) < 4.78 is 47.0. The summed E-state index contributed by atoms with van der Waals surface area (Å²) in [5, 5.41) is 3.43. The number of ether oxygens (including phenoxy) is 1. The molecular weight excluding hydrogens is 473 g/mol. The average Bonchev–Trinajstić information content (AvgIpc) is 2.85. The molecule has 1 fully saturated rings. The van der Waals surface area contributed by atoms with E-state index in [-0.39, 0.29) is 25.0 Å². The van der Waals surface area contributed by atoms with Crippen molar-refractivity contribution >= 4 is 17.5 Å². The average molecular weight is 505 g/mol. The number of benzene rings is 2. The van der Waals surface area contributed by atoms with E-state index >= 15 is 0 Å². The van der Waals surface area contributed by atoms with Gasteiger partial charge in [0, 0.05) is 36.8 Å². The molecule has 0 spiro atoms. The SMILES string of the molecule is CN(C)CCN(C[C@H]1CC[C@@H]2[C@H](O1)c1cc(C(F)(F)F)ccc1N[C@H]2c1ccccc1)C(=O)C(N)=O. The predicted octanol–water partition coefficient (Wildman–Crippen LogP) is 3.58. The standard InChI is InChI=1S/C26H31F3N4O3/c1-32(2)12-13-33(25(35)24(30)34)15-18-9-10-19-22(16-6-4-3-5-7-16)31-21-11-8-17(26(27,28)29)14-20(21)23(19)36-18/h3-8,11,14,18-19,22-23,31H,9-10,12-13,15H2,1-2H3,(H2,30,34)/t18-,19+,22+,23+/m1/s1. The number of halogens is 3. The van der Waals surface area contributed by atoms with E-state index in [0.29, 0.717) is 30.6 Å². The zero-order valence-corrected chi connectivity index (χ0v) is 20.3. The highest BCUT2D eigenvalue weighted by Gasteiger charge is 2.44. The molecule has 4 rings (SSSR count). The summed E-state index contributed by atoms with van der Waals surface area (Å²) in [5.74, 6) is -1.95. The van der Waals surface area contributed by atoms with Crippen molar-refractivity contribution in [3.05, 3.63) is 65.2 Å². The van der Waals surface area contributed by atoms with Gasteiger partial charge in [-0.3, -0.25) is 9.59 Å². The van der Waals surface area contributed by atoms with E-state index in [4.69, 9.17) is 10.5 Å². The third-order valence-electron chi connectivity index (χ3n) is 6.87. The fraction of sp³-hybridized carbons (Fsp3) is 0.462. The summed E-state index contributed by atoms with van der Waals surface area (Å²) in [6.07, 6.45) is -4.28. The van der Waals surface area contributed by atoms with Crippen LogP contribution in [-0.2, 0) is 20.5 Å². The highest BCUT2D eigenvalue weighted by molar-refractivity contribution is 6.34. The Balaban J connectivity index is 1.64. The van der Waals surface area contributed by atoms with E-state index in [0.717, 1.165) is 17.7 Å². The minimum absolute atomic E-state index is 0.110. The molecule has 194 valence electrons. The van der Waals surface area contributed by atoms with Crippen molar-refractivity contribution in [2.75, 3.05) is 39.0 Å². The van der Waals surface area contributed by atoms with Gasteiger partial charge in [0.15, 0.2) is 0 Å². The van der Waals surface area contributed by atoms with Crippen LogP contribution in [0.2, 0.25) is 0 Å². The Bertz CT molecular complexity index is 1090. The van der Waals surface area contributed by atoms with Gasteiger partial charge in [-0.25, -0.2) is 0 Å². The second-order valence-corrected chi connectivity index (χ2v) is 9.67. The van der Waals surface area contributed by atoms with E-state index in [1.54, 1.807) is 0 Å². The first-order chi connectivity index (χ1) is 17.0. The normalized spacial score (nSPS) is 23.4. The Hall–Kier alpha value is -3.11. The Morgan fingerprint density at radius 2 is 1.81 bits per heavy atom. The van der Waals surface area contributed by atoms with Crippen molar-refractivity contribution in [1.82, 2.24) is 9.80 Å². The molecule has 2 aliphatic heterocycles. The molecule has 2 aromatic carbocycles. The van der Waals surface area contributed by atoms with E-state index in [2.05, 4.69) is 5.32 Å². The fourth-order valence-corrected chi connectivity index (χ4v) is 5.06. The van der Waals surface area contributed by atoms with E-state index in [9.17, 15) is 22.8 Å². The van der Waals surface area contributed by atoms with Gasteiger partial charge in [0.05, 0.1) is 23.8 Å². The molecule has 7 nitrogen and oxygen atoms in total. The van der Waals surface area contributed by atoms with Crippen LogP contribution < -0.4 is 11.1 Å². The topological polar surface area (TPSA) is 87.9 Å². The van der Waals surface area contributed by atoms with Crippen LogP contribution in [0, 0.1) is 5.92 Å². The number of fused-ring (bicyclic) bond motifs is 3. The number of anilines is 1. The first kappa shape index (κ1) is 26.0. The monoisotopic (exact) mass is 504 g/mol. The summed E-state index contributed by atoms with van der Waals surface area (Å²) >= 11 is 0. The molecule has 0 aliphatic carbocycles. The smallest absolute Gasteiger partial charge is 0.378 e. The number of hydrogen-bond donors (Lipinski definition) is 2. The maximum absolute atomic E-state index is 13.5. The van der Waals surface area contributed by atoms with Crippen molar-refractivity contribution < 1.29 is 27.5 Å². The number of carbonyl (C=O) groups excluding carboxylic acids is 2. The van der Waals surface area contributed by atoms with Crippen LogP contribution in [0.15, 0.2) is 48.5 Å². The number of carbonyl (C=O) groups is 2. The second kappa shape index (κ2) is 10.5. The Morgan fingerprint density at radius 3 is 2.44 bits per heavy atom. The van der Waals surface area contributed by atoms with Crippen molar-refractivity contribution in [2.45, 2.75) is 37.3 Å². The summed E-state index contributed by atoms with van der Waals surface area (Å²) in [7, 11) is 3.70. The molecule has 2 aromatic rings. The van der Waals surface area contributed by atoms with Crippen LogP contribution in [-0.4, -0.2) is 61.4 Å². The molecule has 4 atom stereocenters. The lowest BCUT2D eigenvalue weighted by Crippen LogP contribution is -2.49. The van der Waals surface area contributed by atoms with Crippen LogP contribution in [0.3, 0.4) is 0 Å². The number of rotatable bonds is 6. The Labute approximate surface area is 208 Å². The number of alkyl halides is 3. The van der Waals surface area contributed by atoms with E-state index in [1.165, 1.54) is 11.0 Å². The molecule has 36 heavy (non-hydrogen) atoms. The molecule has 2 aliphatic rings.